The number of hydrogen-bond donors (Lipinski definition) is 1. The Morgan fingerprint density at radius 3 is 3.00 bits per heavy atom. The molecule has 0 aliphatic carbocycles. The van der Waals surface area contributed by atoms with Crippen molar-refractivity contribution in [1.82, 2.24) is 19.9 Å². The molecule has 1 saturated heterocycles. The molecule has 3 aromatic rings. The molecule has 146 valence electrons. The second-order valence-corrected chi connectivity index (χ2v) is 6.88. The van der Waals surface area contributed by atoms with Crippen LogP contribution in [0.4, 0.5) is 0 Å². The highest BCUT2D eigenvalue weighted by Gasteiger charge is 2.28. The van der Waals surface area contributed by atoms with E-state index in [0.717, 1.165) is 23.1 Å². The number of carbonyl (C=O) groups excluding carboxylic acids is 1. The van der Waals surface area contributed by atoms with Gasteiger partial charge < -0.3 is 19.4 Å². The van der Waals surface area contributed by atoms with Gasteiger partial charge >= 0.3 is 0 Å². The second kappa shape index (κ2) is 8.95. The minimum atomic E-state index is -0.149. The Morgan fingerprint density at radius 2 is 2.11 bits per heavy atom. The zero-order chi connectivity index (χ0) is 19.2. The first-order valence-corrected chi connectivity index (χ1v) is 9.58. The van der Waals surface area contributed by atoms with Gasteiger partial charge in [0, 0.05) is 25.8 Å². The van der Waals surface area contributed by atoms with Crippen molar-refractivity contribution in [3.05, 3.63) is 60.7 Å². The molecule has 0 bridgehead atoms. The van der Waals surface area contributed by atoms with Gasteiger partial charge in [0.15, 0.2) is 0 Å². The Labute approximate surface area is 163 Å². The first-order chi connectivity index (χ1) is 13.8. The number of benzene rings is 1. The van der Waals surface area contributed by atoms with Gasteiger partial charge in [0.05, 0.1) is 48.4 Å². The zero-order valence-corrected chi connectivity index (χ0v) is 15.7. The molecule has 2 atom stereocenters. The summed E-state index contributed by atoms with van der Waals surface area (Å²) in [6.45, 7) is 2.12. The van der Waals surface area contributed by atoms with E-state index < -0.39 is 0 Å². The van der Waals surface area contributed by atoms with Gasteiger partial charge in [0.2, 0.25) is 5.91 Å². The van der Waals surface area contributed by atoms with Gasteiger partial charge in [0.25, 0.3) is 0 Å². The molecule has 0 saturated carbocycles. The normalized spacial score (nSPS) is 19.6. The lowest BCUT2D eigenvalue weighted by atomic mass is 10.1. The van der Waals surface area contributed by atoms with Crippen molar-refractivity contribution in [2.45, 2.75) is 38.1 Å². The zero-order valence-electron chi connectivity index (χ0n) is 15.7. The van der Waals surface area contributed by atoms with Crippen molar-refractivity contribution in [3.8, 4) is 0 Å². The molecule has 2 aromatic heterocycles. The molecule has 1 N–H and O–H groups in total. The summed E-state index contributed by atoms with van der Waals surface area (Å²) in [5.41, 5.74) is 2.85. The van der Waals surface area contributed by atoms with Gasteiger partial charge in [0.1, 0.15) is 0 Å². The number of rotatable bonds is 7. The van der Waals surface area contributed by atoms with Crippen LogP contribution >= 0.6 is 0 Å². The fourth-order valence-electron chi connectivity index (χ4n) is 3.42. The summed E-state index contributed by atoms with van der Waals surface area (Å²) in [6.07, 6.45) is 4.59. The minimum Gasteiger partial charge on any atom is -0.379 e. The lowest BCUT2D eigenvalue weighted by Crippen LogP contribution is -2.50. The van der Waals surface area contributed by atoms with Crippen molar-refractivity contribution >= 4 is 16.9 Å². The largest absolute Gasteiger partial charge is 0.379 e. The molecule has 7 heteroatoms. The quantitative estimate of drug-likeness (QED) is 0.681. The number of pyridine rings is 1. The number of imidazole rings is 1. The number of amides is 1. The van der Waals surface area contributed by atoms with Crippen LogP contribution in [-0.4, -0.2) is 45.8 Å². The Hall–Kier alpha value is -2.77. The van der Waals surface area contributed by atoms with Crippen molar-refractivity contribution in [2.24, 2.45) is 0 Å². The van der Waals surface area contributed by atoms with Crippen LogP contribution in [0.2, 0.25) is 0 Å². The number of fused-ring (bicyclic) bond motifs is 1. The first-order valence-electron chi connectivity index (χ1n) is 9.58. The molecule has 7 nitrogen and oxygen atoms in total. The summed E-state index contributed by atoms with van der Waals surface area (Å²) in [7, 11) is 0. The molecule has 28 heavy (non-hydrogen) atoms. The number of carbonyl (C=O) groups is 1. The van der Waals surface area contributed by atoms with Crippen LogP contribution in [0.1, 0.15) is 18.5 Å². The van der Waals surface area contributed by atoms with Crippen molar-refractivity contribution in [1.29, 1.82) is 0 Å². The molecule has 4 rings (SSSR count). The van der Waals surface area contributed by atoms with Gasteiger partial charge in [-0.15, -0.1) is 0 Å². The first kappa shape index (κ1) is 18.6. The number of ether oxygens (including phenoxy) is 2. The summed E-state index contributed by atoms with van der Waals surface area (Å²) in [5.74, 6) is -0.0142. The van der Waals surface area contributed by atoms with Crippen LogP contribution < -0.4 is 5.32 Å². The maximum Gasteiger partial charge on any atom is 0.222 e. The van der Waals surface area contributed by atoms with E-state index in [9.17, 15) is 4.79 Å². The van der Waals surface area contributed by atoms with E-state index in [0.29, 0.717) is 32.8 Å². The van der Waals surface area contributed by atoms with Crippen LogP contribution in [-0.2, 0) is 27.4 Å². The molecular formula is C21H24N4O3. The maximum atomic E-state index is 12.5. The number of aryl methyl sites for hydroxylation is 1. The summed E-state index contributed by atoms with van der Waals surface area (Å²) >= 11 is 0. The van der Waals surface area contributed by atoms with E-state index in [4.69, 9.17) is 9.47 Å². The Bertz CT molecular complexity index is 912. The van der Waals surface area contributed by atoms with E-state index in [1.165, 1.54) is 0 Å². The van der Waals surface area contributed by atoms with Crippen molar-refractivity contribution < 1.29 is 14.3 Å². The van der Waals surface area contributed by atoms with E-state index in [1.54, 1.807) is 12.5 Å². The standard InChI is InChI=1S/C21H24N4O3/c26-21(8-11-25-15-23-17-6-1-2-7-19(17)25)24-18-14-27-12-9-20(18)28-13-16-5-3-4-10-22-16/h1-7,10,15,18,20H,8-9,11-14H2,(H,24,26)/t18-,20+/m1/s1. The van der Waals surface area contributed by atoms with Crippen LogP contribution in [0.25, 0.3) is 11.0 Å². The fraction of sp³-hybridized carbons (Fsp3) is 0.381. The van der Waals surface area contributed by atoms with Crippen LogP contribution in [0.5, 0.6) is 0 Å². The lowest BCUT2D eigenvalue weighted by molar-refractivity contribution is -0.126. The molecule has 1 fully saturated rings. The highest BCUT2D eigenvalue weighted by molar-refractivity contribution is 5.77. The van der Waals surface area contributed by atoms with Gasteiger partial charge in [-0.25, -0.2) is 4.98 Å². The predicted octanol–water partition coefficient (Wildman–Crippen LogP) is 2.31. The van der Waals surface area contributed by atoms with Gasteiger partial charge in [-0.3, -0.25) is 9.78 Å². The highest BCUT2D eigenvalue weighted by Crippen LogP contribution is 2.15. The number of nitrogens with zero attached hydrogens (tertiary/aromatic N) is 3. The molecule has 1 aliphatic heterocycles. The summed E-state index contributed by atoms with van der Waals surface area (Å²) < 4.78 is 13.6. The molecule has 0 spiro atoms. The molecule has 1 amide bonds. The Kier molecular flexibility index (Phi) is 5.94. The lowest BCUT2D eigenvalue weighted by Gasteiger charge is -2.32. The number of hydrogen-bond acceptors (Lipinski definition) is 5. The maximum absolute atomic E-state index is 12.5. The second-order valence-electron chi connectivity index (χ2n) is 6.88. The molecule has 0 unspecified atom stereocenters. The molecule has 3 heterocycles. The van der Waals surface area contributed by atoms with Gasteiger partial charge in [-0.2, -0.15) is 0 Å². The topological polar surface area (TPSA) is 78.3 Å². The van der Waals surface area contributed by atoms with Crippen molar-refractivity contribution in [3.63, 3.8) is 0 Å². The molecule has 1 aromatic carbocycles. The fourth-order valence-corrected chi connectivity index (χ4v) is 3.42. The van der Waals surface area contributed by atoms with Gasteiger partial charge in [-0.1, -0.05) is 18.2 Å². The smallest absolute Gasteiger partial charge is 0.222 e. The average Bonchev–Trinajstić information content (AvgIpc) is 3.16. The summed E-state index contributed by atoms with van der Waals surface area (Å²) in [6, 6.07) is 13.5. The van der Waals surface area contributed by atoms with Crippen molar-refractivity contribution in [2.75, 3.05) is 13.2 Å². The summed E-state index contributed by atoms with van der Waals surface area (Å²) in [5, 5.41) is 3.07. The average molecular weight is 380 g/mol. The molecular weight excluding hydrogens is 356 g/mol. The van der Waals surface area contributed by atoms with E-state index >= 15 is 0 Å². The summed E-state index contributed by atoms with van der Waals surface area (Å²) in [4.78, 5) is 21.1. The van der Waals surface area contributed by atoms with E-state index in [1.807, 2.05) is 47.0 Å². The number of nitrogens with one attached hydrogen (secondary N) is 1. The monoisotopic (exact) mass is 380 g/mol. The van der Waals surface area contributed by atoms with E-state index in [-0.39, 0.29) is 18.1 Å². The van der Waals surface area contributed by atoms with Crippen LogP contribution in [0.15, 0.2) is 55.0 Å². The Balaban J connectivity index is 1.30. The molecule has 1 aliphatic rings. The van der Waals surface area contributed by atoms with Gasteiger partial charge in [-0.05, 0) is 30.7 Å². The third kappa shape index (κ3) is 4.55. The predicted molar refractivity (Wildman–Crippen MR) is 105 cm³/mol. The Morgan fingerprint density at radius 1 is 1.21 bits per heavy atom. The van der Waals surface area contributed by atoms with Crippen LogP contribution in [0, 0.1) is 0 Å². The third-order valence-electron chi connectivity index (χ3n) is 4.92. The van der Waals surface area contributed by atoms with E-state index in [2.05, 4.69) is 15.3 Å². The SMILES string of the molecule is O=C(CCn1cnc2ccccc21)N[C@@H]1COCC[C@@H]1OCc1ccccn1. The van der Waals surface area contributed by atoms with Crippen LogP contribution in [0.3, 0.4) is 0 Å². The third-order valence-corrected chi connectivity index (χ3v) is 4.92. The number of para-hydroxylation sites is 2. The highest BCUT2D eigenvalue weighted by atomic mass is 16.5. The molecule has 0 radical (unpaired) electrons. The minimum absolute atomic E-state index is 0.0142. The number of aromatic nitrogens is 3.